The van der Waals surface area contributed by atoms with Crippen molar-refractivity contribution in [1.82, 2.24) is 4.98 Å². The van der Waals surface area contributed by atoms with Gasteiger partial charge in [-0.05, 0) is 73.2 Å². The van der Waals surface area contributed by atoms with E-state index >= 15 is 0 Å². The second kappa shape index (κ2) is 8.96. The minimum Gasteiger partial charge on any atom is -0.459 e. The fourth-order valence-corrected chi connectivity index (χ4v) is 5.46. The standard InChI is InChI=1S/C25H22FN3O2S/c26-17-12-10-16(11-13-17)23(28-21-9-3-4-14-27-21)22-18-6-1-2-8-20(18)32-25(22)29-24(30)19-7-5-15-31-19/h3-5,7,9-15,23H,1-2,6,8H2,(H,27,28)(H,29,30). The maximum absolute atomic E-state index is 13.7. The van der Waals surface area contributed by atoms with Gasteiger partial charge in [-0.15, -0.1) is 11.3 Å². The summed E-state index contributed by atoms with van der Waals surface area (Å²) in [5.41, 5.74) is 3.17. The first-order valence-electron chi connectivity index (χ1n) is 10.6. The van der Waals surface area contributed by atoms with Gasteiger partial charge in [0.05, 0.1) is 12.3 Å². The largest absolute Gasteiger partial charge is 0.459 e. The molecule has 4 aromatic rings. The van der Waals surface area contributed by atoms with Crippen LogP contribution in [0.4, 0.5) is 15.2 Å². The van der Waals surface area contributed by atoms with Gasteiger partial charge in [0.2, 0.25) is 0 Å². The van der Waals surface area contributed by atoms with Crippen LogP contribution in [-0.4, -0.2) is 10.9 Å². The zero-order valence-electron chi connectivity index (χ0n) is 17.3. The first-order chi connectivity index (χ1) is 15.7. The smallest absolute Gasteiger partial charge is 0.291 e. The van der Waals surface area contributed by atoms with Crippen LogP contribution in [-0.2, 0) is 12.8 Å². The van der Waals surface area contributed by atoms with Crippen LogP contribution >= 0.6 is 11.3 Å². The molecule has 5 nitrogen and oxygen atoms in total. The molecule has 7 heteroatoms. The van der Waals surface area contributed by atoms with Crippen molar-refractivity contribution in [2.24, 2.45) is 0 Å². The lowest BCUT2D eigenvalue weighted by molar-refractivity contribution is 0.0997. The molecule has 1 amide bonds. The monoisotopic (exact) mass is 447 g/mol. The molecule has 1 atom stereocenters. The molecule has 3 heterocycles. The molecule has 0 aliphatic heterocycles. The lowest BCUT2D eigenvalue weighted by Gasteiger charge is -2.24. The molecular formula is C25H22FN3O2S. The number of hydrogen-bond donors (Lipinski definition) is 2. The van der Waals surface area contributed by atoms with Crippen LogP contribution in [0.1, 0.15) is 51.0 Å². The number of fused-ring (bicyclic) bond motifs is 1. The van der Waals surface area contributed by atoms with Crippen molar-refractivity contribution in [3.63, 3.8) is 0 Å². The summed E-state index contributed by atoms with van der Waals surface area (Å²) in [6.45, 7) is 0. The van der Waals surface area contributed by atoms with Gasteiger partial charge < -0.3 is 15.1 Å². The normalized spacial score (nSPS) is 13.9. The Morgan fingerprint density at radius 3 is 2.66 bits per heavy atom. The van der Waals surface area contributed by atoms with Gasteiger partial charge in [0.1, 0.15) is 16.6 Å². The van der Waals surface area contributed by atoms with Gasteiger partial charge >= 0.3 is 0 Å². The zero-order valence-corrected chi connectivity index (χ0v) is 18.1. The minimum absolute atomic E-state index is 0.262. The summed E-state index contributed by atoms with van der Waals surface area (Å²) in [5.74, 6) is 0.397. The second-order valence-corrected chi connectivity index (χ2v) is 8.83. The van der Waals surface area contributed by atoms with Crippen molar-refractivity contribution in [3.8, 4) is 0 Å². The molecule has 162 valence electrons. The molecule has 0 spiro atoms. The van der Waals surface area contributed by atoms with E-state index in [9.17, 15) is 9.18 Å². The molecule has 32 heavy (non-hydrogen) atoms. The Balaban J connectivity index is 1.61. The van der Waals surface area contributed by atoms with Crippen LogP contribution in [0.15, 0.2) is 71.5 Å². The van der Waals surface area contributed by atoms with Crippen molar-refractivity contribution >= 4 is 28.1 Å². The number of thiophene rings is 1. The summed E-state index contributed by atoms with van der Waals surface area (Å²) in [6.07, 6.45) is 7.38. The molecule has 0 fully saturated rings. The number of carbonyl (C=O) groups is 1. The quantitative estimate of drug-likeness (QED) is 0.369. The summed E-state index contributed by atoms with van der Waals surface area (Å²) in [4.78, 5) is 18.5. The van der Waals surface area contributed by atoms with Gasteiger partial charge in [-0.25, -0.2) is 9.37 Å². The van der Waals surface area contributed by atoms with E-state index < -0.39 is 0 Å². The van der Waals surface area contributed by atoms with E-state index in [1.165, 1.54) is 28.8 Å². The van der Waals surface area contributed by atoms with Crippen molar-refractivity contribution in [2.45, 2.75) is 31.7 Å². The van der Waals surface area contributed by atoms with E-state index in [4.69, 9.17) is 4.42 Å². The van der Waals surface area contributed by atoms with Crippen molar-refractivity contribution in [3.05, 3.63) is 100 Å². The highest BCUT2D eigenvalue weighted by molar-refractivity contribution is 7.16. The molecule has 0 radical (unpaired) electrons. The Kier molecular flexibility index (Phi) is 5.73. The molecule has 5 rings (SSSR count). The van der Waals surface area contributed by atoms with Crippen LogP contribution in [0, 0.1) is 5.82 Å². The van der Waals surface area contributed by atoms with Gasteiger partial charge in [-0.1, -0.05) is 18.2 Å². The molecular weight excluding hydrogens is 425 g/mol. The van der Waals surface area contributed by atoms with E-state index in [2.05, 4.69) is 15.6 Å². The van der Waals surface area contributed by atoms with E-state index in [0.717, 1.165) is 41.8 Å². The highest BCUT2D eigenvalue weighted by Crippen LogP contribution is 2.44. The van der Waals surface area contributed by atoms with Crippen LogP contribution in [0.2, 0.25) is 0 Å². The molecule has 3 aromatic heterocycles. The third-order valence-electron chi connectivity index (χ3n) is 5.63. The van der Waals surface area contributed by atoms with Crippen LogP contribution < -0.4 is 10.6 Å². The summed E-state index contributed by atoms with van der Waals surface area (Å²) >= 11 is 1.62. The van der Waals surface area contributed by atoms with Crippen LogP contribution in [0.3, 0.4) is 0 Å². The molecule has 0 saturated carbocycles. The number of nitrogens with one attached hydrogen (secondary N) is 2. The average molecular weight is 448 g/mol. The van der Waals surface area contributed by atoms with Crippen LogP contribution in [0.25, 0.3) is 0 Å². The Morgan fingerprint density at radius 1 is 1.06 bits per heavy atom. The van der Waals surface area contributed by atoms with E-state index in [1.54, 1.807) is 41.8 Å². The maximum Gasteiger partial charge on any atom is 0.291 e. The molecule has 1 unspecified atom stereocenters. The third-order valence-corrected chi connectivity index (χ3v) is 6.86. The van der Waals surface area contributed by atoms with Gasteiger partial charge in [-0.2, -0.15) is 0 Å². The fraction of sp³-hybridized carbons (Fsp3) is 0.200. The number of carbonyl (C=O) groups excluding carboxylic acids is 1. The number of rotatable bonds is 6. The molecule has 0 saturated heterocycles. The van der Waals surface area contributed by atoms with Crippen LogP contribution in [0.5, 0.6) is 0 Å². The molecule has 0 bridgehead atoms. The number of halogens is 1. The second-order valence-electron chi connectivity index (χ2n) is 7.73. The number of aryl methyl sites for hydroxylation is 1. The fourth-order valence-electron chi connectivity index (χ4n) is 4.13. The first-order valence-corrected chi connectivity index (χ1v) is 11.4. The zero-order chi connectivity index (χ0) is 21.9. The lowest BCUT2D eigenvalue weighted by atomic mass is 9.89. The van der Waals surface area contributed by atoms with Gasteiger partial charge in [0.25, 0.3) is 5.91 Å². The molecule has 1 aliphatic rings. The highest BCUT2D eigenvalue weighted by atomic mass is 32.1. The Bertz CT molecular complexity index is 1200. The number of hydrogen-bond acceptors (Lipinski definition) is 5. The summed E-state index contributed by atoms with van der Waals surface area (Å²) in [7, 11) is 0. The third kappa shape index (κ3) is 4.16. The Morgan fingerprint density at radius 2 is 1.91 bits per heavy atom. The van der Waals surface area contributed by atoms with E-state index in [0.29, 0.717) is 5.82 Å². The lowest BCUT2D eigenvalue weighted by Crippen LogP contribution is -2.18. The number of aromatic nitrogens is 1. The number of amides is 1. The molecule has 1 aliphatic carbocycles. The Labute approximate surface area is 189 Å². The van der Waals surface area contributed by atoms with Crippen molar-refractivity contribution < 1.29 is 13.6 Å². The minimum atomic E-state index is -0.296. The summed E-state index contributed by atoms with van der Waals surface area (Å²) < 4.78 is 19.0. The number of benzene rings is 1. The highest BCUT2D eigenvalue weighted by Gasteiger charge is 2.29. The molecule has 1 aromatic carbocycles. The number of nitrogens with zero attached hydrogens (tertiary/aromatic N) is 1. The first kappa shape index (κ1) is 20.5. The van der Waals surface area contributed by atoms with Gasteiger partial charge in [0, 0.05) is 16.6 Å². The van der Waals surface area contributed by atoms with E-state index in [-0.39, 0.29) is 23.5 Å². The number of pyridine rings is 1. The molecule has 2 N–H and O–H groups in total. The van der Waals surface area contributed by atoms with E-state index in [1.807, 2.05) is 18.2 Å². The predicted octanol–water partition coefficient (Wildman–Crippen LogP) is 6.21. The maximum atomic E-state index is 13.7. The predicted molar refractivity (Wildman–Crippen MR) is 124 cm³/mol. The average Bonchev–Trinajstić information content (AvgIpc) is 3.47. The topological polar surface area (TPSA) is 67.2 Å². The Hall–Kier alpha value is -3.45. The van der Waals surface area contributed by atoms with Crippen molar-refractivity contribution in [1.29, 1.82) is 0 Å². The SMILES string of the molecule is O=C(Nc1sc2c(c1C(Nc1ccccn1)c1ccc(F)cc1)CCCC2)c1ccco1. The number of furan rings is 1. The summed E-state index contributed by atoms with van der Waals surface area (Å²) in [6, 6.07) is 15.2. The number of anilines is 2. The van der Waals surface area contributed by atoms with Gasteiger partial charge in [-0.3, -0.25) is 4.79 Å². The summed E-state index contributed by atoms with van der Waals surface area (Å²) in [5, 5.41) is 7.37. The van der Waals surface area contributed by atoms with Crippen molar-refractivity contribution in [2.75, 3.05) is 10.6 Å². The van der Waals surface area contributed by atoms with Gasteiger partial charge in [0.15, 0.2) is 5.76 Å².